The summed E-state index contributed by atoms with van der Waals surface area (Å²) in [6.07, 6.45) is 14.7. The third-order valence-corrected chi connectivity index (χ3v) is 5.56. The fourth-order valence-corrected chi connectivity index (χ4v) is 3.57. The molecule has 2 N–H and O–H groups in total. The van der Waals surface area contributed by atoms with E-state index in [9.17, 15) is 9.59 Å². The van der Waals surface area contributed by atoms with Gasteiger partial charge < -0.3 is 15.5 Å². The number of likely N-dealkylation sites (tertiary alicyclic amines) is 1. The molecule has 2 rings (SSSR count). The number of unbranched alkanes of at least 4 members (excludes halogenated alkanes) is 9. The van der Waals surface area contributed by atoms with Crippen molar-refractivity contribution in [1.29, 1.82) is 0 Å². The van der Waals surface area contributed by atoms with Crippen molar-refractivity contribution in [2.75, 3.05) is 19.6 Å². The van der Waals surface area contributed by atoms with Crippen molar-refractivity contribution in [1.82, 2.24) is 15.5 Å². The second-order valence-electron chi connectivity index (χ2n) is 7.60. The first kappa shape index (κ1) is 23.2. The molecular formula is C20H38ClN3O2. The van der Waals surface area contributed by atoms with E-state index in [1.54, 1.807) is 4.90 Å². The van der Waals surface area contributed by atoms with Gasteiger partial charge in [-0.2, -0.15) is 0 Å². The van der Waals surface area contributed by atoms with Gasteiger partial charge in [0.15, 0.2) is 0 Å². The highest BCUT2D eigenvalue weighted by Crippen LogP contribution is 2.21. The molecule has 2 aliphatic heterocycles. The smallest absolute Gasteiger partial charge is 0.242 e. The molecule has 2 saturated heterocycles. The molecule has 0 saturated carbocycles. The summed E-state index contributed by atoms with van der Waals surface area (Å²) >= 11 is 0. The van der Waals surface area contributed by atoms with Crippen LogP contribution in [-0.2, 0) is 9.59 Å². The quantitative estimate of drug-likeness (QED) is 0.476. The number of nitrogens with one attached hydrogen (secondary N) is 2. The number of carbonyl (C=O) groups excluding carboxylic acids is 2. The van der Waals surface area contributed by atoms with Crippen molar-refractivity contribution in [3.63, 3.8) is 0 Å². The van der Waals surface area contributed by atoms with Crippen LogP contribution < -0.4 is 10.6 Å². The summed E-state index contributed by atoms with van der Waals surface area (Å²) in [6.45, 7) is 4.65. The third-order valence-electron chi connectivity index (χ3n) is 5.56. The molecule has 0 bridgehead atoms. The van der Waals surface area contributed by atoms with Gasteiger partial charge in [-0.15, -0.1) is 12.4 Å². The Hall–Kier alpha value is -0.810. The Morgan fingerprint density at radius 2 is 1.54 bits per heavy atom. The van der Waals surface area contributed by atoms with E-state index in [1.165, 1.54) is 57.8 Å². The molecule has 2 amide bonds. The molecule has 26 heavy (non-hydrogen) atoms. The van der Waals surface area contributed by atoms with E-state index in [2.05, 4.69) is 17.6 Å². The average molecular weight is 388 g/mol. The predicted octanol–water partition coefficient (Wildman–Crippen LogP) is 3.41. The molecule has 6 heteroatoms. The zero-order chi connectivity index (χ0) is 17.9. The number of halogens is 1. The Labute approximate surface area is 165 Å². The summed E-state index contributed by atoms with van der Waals surface area (Å²) in [4.78, 5) is 26.1. The van der Waals surface area contributed by atoms with Crippen LogP contribution in [0.1, 0.15) is 84.0 Å². The Balaban J connectivity index is 0.00000338. The lowest BCUT2D eigenvalue weighted by molar-refractivity contribution is -0.150. The zero-order valence-corrected chi connectivity index (χ0v) is 17.2. The number of hydrogen-bond acceptors (Lipinski definition) is 3. The minimum absolute atomic E-state index is 0. The second kappa shape index (κ2) is 13.4. The summed E-state index contributed by atoms with van der Waals surface area (Å²) in [5.41, 5.74) is 0. The number of nitrogens with zero attached hydrogens (tertiary/aromatic N) is 1. The lowest BCUT2D eigenvalue weighted by atomic mass is 9.97. The van der Waals surface area contributed by atoms with E-state index in [0.29, 0.717) is 0 Å². The number of rotatable bonds is 13. The molecule has 2 atom stereocenters. The van der Waals surface area contributed by atoms with Crippen molar-refractivity contribution >= 4 is 24.2 Å². The molecule has 5 nitrogen and oxygen atoms in total. The molecule has 0 aromatic carbocycles. The van der Waals surface area contributed by atoms with Crippen LogP contribution in [0.4, 0.5) is 0 Å². The van der Waals surface area contributed by atoms with Gasteiger partial charge in [0.2, 0.25) is 11.8 Å². The topological polar surface area (TPSA) is 61.4 Å². The summed E-state index contributed by atoms with van der Waals surface area (Å²) in [5, 5.41) is 6.14. The summed E-state index contributed by atoms with van der Waals surface area (Å²) in [5.74, 6) is 0.145. The van der Waals surface area contributed by atoms with E-state index >= 15 is 0 Å². The normalized spacial score (nSPS) is 21.3. The highest BCUT2D eigenvalue weighted by atomic mass is 35.5. The van der Waals surface area contributed by atoms with Gasteiger partial charge >= 0.3 is 0 Å². The van der Waals surface area contributed by atoms with Crippen LogP contribution in [0.15, 0.2) is 0 Å². The monoisotopic (exact) mass is 387 g/mol. The Morgan fingerprint density at radius 3 is 2.00 bits per heavy atom. The van der Waals surface area contributed by atoms with Crippen LogP contribution in [0.2, 0.25) is 0 Å². The molecule has 152 valence electrons. The Kier molecular flexibility index (Phi) is 11.9. The predicted molar refractivity (Wildman–Crippen MR) is 109 cm³/mol. The van der Waals surface area contributed by atoms with Crippen LogP contribution in [0.25, 0.3) is 0 Å². The van der Waals surface area contributed by atoms with Crippen molar-refractivity contribution in [3.05, 3.63) is 0 Å². The number of hydrogen-bond donors (Lipinski definition) is 2. The third kappa shape index (κ3) is 7.43. The van der Waals surface area contributed by atoms with Gasteiger partial charge in [0.25, 0.3) is 0 Å². The van der Waals surface area contributed by atoms with E-state index in [0.717, 1.165) is 38.9 Å². The summed E-state index contributed by atoms with van der Waals surface area (Å²) < 4.78 is 0. The van der Waals surface area contributed by atoms with Crippen LogP contribution in [0.3, 0.4) is 0 Å². The summed E-state index contributed by atoms with van der Waals surface area (Å²) in [6, 6.07) is -0.268. The van der Waals surface area contributed by atoms with Gasteiger partial charge in [-0.05, 0) is 25.8 Å². The number of carbonyl (C=O) groups is 2. The van der Waals surface area contributed by atoms with Crippen molar-refractivity contribution in [3.8, 4) is 0 Å². The van der Waals surface area contributed by atoms with Crippen LogP contribution in [-0.4, -0.2) is 48.4 Å². The minimum atomic E-state index is -0.224. The molecule has 2 aliphatic rings. The lowest BCUT2D eigenvalue weighted by Gasteiger charge is -2.43. The lowest BCUT2D eigenvalue weighted by Crippen LogP contribution is -2.64. The fourth-order valence-electron chi connectivity index (χ4n) is 3.57. The highest BCUT2D eigenvalue weighted by Gasteiger charge is 2.41. The van der Waals surface area contributed by atoms with Crippen LogP contribution >= 0.6 is 12.4 Å². The van der Waals surface area contributed by atoms with E-state index < -0.39 is 0 Å². The fraction of sp³-hybridized carbons (Fsp3) is 0.900. The average Bonchev–Trinajstić information content (AvgIpc) is 2.49. The maximum atomic E-state index is 12.2. The Bertz CT molecular complexity index is 416. The molecule has 2 fully saturated rings. The maximum absolute atomic E-state index is 12.2. The van der Waals surface area contributed by atoms with Gasteiger partial charge in [-0.1, -0.05) is 64.7 Å². The minimum Gasteiger partial charge on any atom is -0.354 e. The van der Waals surface area contributed by atoms with Crippen molar-refractivity contribution in [2.45, 2.75) is 96.1 Å². The highest BCUT2D eigenvalue weighted by molar-refractivity contribution is 5.91. The second-order valence-corrected chi connectivity index (χ2v) is 7.60. The molecule has 0 unspecified atom stereocenters. The molecule has 0 radical (unpaired) electrons. The first-order valence-electron chi connectivity index (χ1n) is 10.6. The molecule has 2 heterocycles. The largest absolute Gasteiger partial charge is 0.354 e. The molecule has 0 aliphatic carbocycles. The first-order valence-corrected chi connectivity index (χ1v) is 10.6. The maximum Gasteiger partial charge on any atom is 0.242 e. The summed E-state index contributed by atoms with van der Waals surface area (Å²) in [7, 11) is 0. The van der Waals surface area contributed by atoms with Crippen LogP contribution in [0.5, 0.6) is 0 Å². The molecule has 0 aromatic heterocycles. The standard InChI is InChI=1S/C20H37N3O2.ClH/c1-2-3-4-5-6-7-8-9-10-11-14-22-19(24)18-13-16-23(18)20(25)17-12-15-21-17;/h17-18,21H,2-16H2,1H3,(H,22,24);1H/t17-,18-;/m0./s1. The first-order chi connectivity index (χ1) is 12.2. The molecular weight excluding hydrogens is 350 g/mol. The van der Waals surface area contributed by atoms with Crippen molar-refractivity contribution < 1.29 is 9.59 Å². The zero-order valence-electron chi connectivity index (χ0n) is 16.4. The van der Waals surface area contributed by atoms with Gasteiger partial charge in [0, 0.05) is 13.1 Å². The molecule has 0 aromatic rings. The SMILES string of the molecule is CCCCCCCCCCCCNC(=O)[C@@H]1CCN1C(=O)[C@@H]1CCN1.Cl. The van der Waals surface area contributed by atoms with Crippen molar-refractivity contribution in [2.24, 2.45) is 0 Å². The van der Waals surface area contributed by atoms with E-state index in [1.807, 2.05) is 0 Å². The van der Waals surface area contributed by atoms with Gasteiger partial charge in [0.05, 0.1) is 6.04 Å². The molecule has 0 spiro atoms. The Morgan fingerprint density at radius 1 is 0.962 bits per heavy atom. The van der Waals surface area contributed by atoms with E-state index in [4.69, 9.17) is 0 Å². The van der Waals surface area contributed by atoms with Gasteiger partial charge in [0.1, 0.15) is 6.04 Å². The number of amides is 2. The van der Waals surface area contributed by atoms with E-state index in [-0.39, 0.29) is 36.3 Å². The van der Waals surface area contributed by atoms with Gasteiger partial charge in [-0.3, -0.25) is 9.59 Å². The van der Waals surface area contributed by atoms with Crippen LogP contribution in [0, 0.1) is 0 Å². The van der Waals surface area contributed by atoms with Gasteiger partial charge in [-0.25, -0.2) is 0 Å².